The molecule has 1 atom stereocenters. The fourth-order valence-corrected chi connectivity index (χ4v) is 4.35. The molecule has 0 saturated carbocycles. The summed E-state index contributed by atoms with van der Waals surface area (Å²) in [5, 5.41) is 4.66. The molecule has 6 heteroatoms. The molecule has 0 spiro atoms. The highest BCUT2D eigenvalue weighted by Gasteiger charge is 2.22. The zero-order valence-electron chi connectivity index (χ0n) is 22.3. The summed E-state index contributed by atoms with van der Waals surface area (Å²) in [4.78, 5) is 10.5. The summed E-state index contributed by atoms with van der Waals surface area (Å²) < 4.78 is 0. The van der Waals surface area contributed by atoms with Crippen LogP contribution in [0.2, 0.25) is 0 Å². The molecule has 3 heterocycles. The van der Waals surface area contributed by atoms with Crippen LogP contribution in [0.5, 0.6) is 0 Å². The van der Waals surface area contributed by atoms with E-state index in [0.717, 1.165) is 29.7 Å². The van der Waals surface area contributed by atoms with E-state index in [-0.39, 0.29) is 0 Å². The van der Waals surface area contributed by atoms with Crippen LogP contribution >= 0.6 is 0 Å². The topological polar surface area (TPSA) is 93.1 Å². The van der Waals surface area contributed by atoms with E-state index < -0.39 is 6.17 Å². The van der Waals surface area contributed by atoms with Crippen LogP contribution in [0.3, 0.4) is 0 Å². The van der Waals surface area contributed by atoms with E-state index in [2.05, 4.69) is 76.8 Å². The molecule has 1 aliphatic heterocycles. The van der Waals surface area contributed by atoms with E-state index in [1.54, 1.807) is 12.4 Å². The Labute approximate surface area is 227 Å². The van der Waals surface area contributed by atoms with Crippen molar-refractivity contribution < 1.29 is 0 Å². The van der Waals surface area contributed by atoms with Crippen LogP contribution in [0.1, 0.15) is 35.7 Å². The highest BCUT2D eigenvalue weighted by Crippen LogP contribution is 2.19. The lowest BCUT2D eigenvalue weighted by Crippen LogP contribution is -2.32. The summed E-state index contributed by atoms with van der Waals surface area (Å²) in [7, 11) is 2.17. The third kappa shape index (κ3) is 8.92. The van der Waals surface area contributed by atoms with Crippen LogP contribution < -0.4 is 16.8 Å². The molecule has 6 nitrogen and oxygen atoms in total. The Bertz CT molecular complexity index is 1250. The third-order valence-electron chi connectivity index (χ3n) is 6.45. The molecule has 0 bridgehead atoms. The first-order valence-electron chi connectivity index (χ1n) is 13.0. The van der Waals surface area contributed by atoms with Gasteiger partial charge in [0, 0.05) is 47.8 Å². The average molecular weight is 509 g/mol. The molecule has 4 aromatic rings. The van der Waals surface area contributed by atoms with E-state index in [0.29, 0.717) is 6.04 Å². The van der Waals surface area contributed by atoms with Gasteiger partial charge in [0.15, 0.2) is 0 Å². The maximum Gasteiger partial charge on any atom is 0.0799 e. The van der Waals surface area contributed by atoms with Gasteiger partial charge < -0.3 is 16.8 Å². The number of nitrogens with one attached hydrogen (secondary N) is 1. The second kappa shape index (κ2) is 15.4. The first-order chi connectivity index (χ1) is 18.5. The van der Waals surface area contributed by atoms with Crippen LogP contribution in [0.25, 0.3) is 10.9 Å². The summed E-state index contributed by atoms with van der Waals surface area (Å²) >= 11 is 0. The lowest BCUT2D eigenvalue weighted by molar-refractivity contribution is 0.334. The van der Waals surface area contributed by atoms with E-state index >= 15 is 0 Å². The summed E-state index contributed by atoms with van der Waals surface area (Å²) in [5.41, 5.74) is 16.4. The second-order valence-electron chi connectivity index (χ2n) is 9.30. The minimum Gasteiger partial charge on any atom is -0.383 e. The number of fused-ring (bicyclic) bond motifs is 1. The summed E-state index contributed by atoms with van der Waals surface area (Å²) in [6.07, 6.45) is 10.1. The Morgan fingerprint density at radius 2 is 1.84 bits per heavy atom. The zero-order chi connectivity index (χ0) is 27.2. The zero-order valence-corrected chi connectivity index (χ0v) is 22.3. The van der Waals surface area contributed by atoms with Crippen molar-refractivity contribution >= 4 is 10.9 Å². The number of nitrogens with zero attached hydrogens (tertiary/aromatic N) is 3. The highest BCUT2D eigenvalue weighted by atomic mass is 15.2. The second-order valence-corrected chi connectivity index (χ2v) is 9.30. The lowest BCUT2D eigenvalue weighted by Gasteiger charge is -2.22. The molecule has 5 rings (SSSR count). The first-order valence-corrected chi connectivity index (χ1v) is 13.0. The number of allylic oxidation sites excluding steroid dienone is 1. The normalized spacial score (nSPS) is 14.7. The highest BCUT2D eigenvalue weighted by molar-refractivity contribution is 5.82. The maximum atomic E-state index is 5.35. The SMILES string of the molecule is C=C(NCc1ccccc1)C1CCCN1C.C=CCc1cccc2ncccc12.NC(N)c1cccnc1. The van der Waals surface area contributed by atoms with Crippen LogP contribution in [0.15, 0.2) is 116 Å². The van der Waals surface area contributed by atoms with Gasteiger partial charge in [-0.15, -0.1) is 6.58 Å². The molecule has 0 aliphatic carbocycles. The van der Waals surface area contributed by atoms with Gasteiger partial charge in [-0.2, -0.15) is 0 Å². The van der Waals surface area contributed by atoms with Crippen molar-refractivity contribution in [2.24, 2.45) is 11.5 Å². The van der Waals surface area contributed by atoms with Gasteiger partial charge in [-0.1, -0.05) is 67.3 Å². The number of likely N-dealkylation sites (tertiary alicyclic amines) is 1. The van der Waals surface area contributed by atoms with Crippen molar-refractivity contribution in [3.63, 3.8) is 0 Å². The fraction of sp³-hybridized carbons (Fsp3) is 0.250. The average Bonchev–Trinajstić information content (AvgIpc) is 3.40. The lowest BCUT2D eigenvalue weighted by atomic mass is 10.1. The van der Waals surface area contributed by atoms with Gasteiger partial charge in [0.25, 0.3) is 0 Å². The van der Waals surface area contributed by atoms with Crippen molar-refractivity contribution in [1.29, 1.82) is 0 Å². The number of hydrogen-bond donors (Lipinski definition) is 3. The van der Waals surface area contributed by atoms with Gasteiger partial charge in [-0.3, -0.25) is 14.9 Å². The molecule has 2 aromatic carbocycles. The summed E-state index contributed by atoms with van der Waals surface area (Å²) in [6, 6.07) is 24.9. The number of pyridine rings is 2. The number of likely N-dealkylation sites (N-methyl/N-ethyl adjacent to an activating group) is 1. The first kappa shape index (κ1) is 28.7. The van der Waals surface area contributed by atoms with Gasteiger partial charge in [-0.25, -0.2) is 0 Å². The quantitative estimate of drug-likeness (QED) is 0.230. The van der Waals surface area contributed by atoms with Gasteiger partial charge in [-0.05, 0) is 62.2 Å². The van der Waals surface area contributed by atoms with Crippen LogP contribution in [0, 0.1) is 0 Å². The molecule has 1 aliphatic rings. The predicted molar refractivity (Wildman–Crippen MR) is 159 cm³/mol. The van der Waals surface area contributed by atoms with Gasteiger partial charge >= 0.3 is 0 Å². The van der Waals surface area contributed by atoms with Crippen LogP contribution in [0.4, 0.5) is 0 Å². The molecule has 1 saturated heterocycles. The fourth-order valence-electron chi connectivity index (χ4n) is 4.35. The van der Waals surface area contributed by atoms with Crippen molar-refractivity contribution in [3.8, 4) is 0 Å². The maximum absolute atomic E-state index is 5.35. The third-order valence-corrected chi connectivity index (χ3v) is 6.45. The Morgan fingerprint density at radius 3 is 2.47 bits per heavy atom. The minimum absolute atomic E-state index is 0.404. The van der Waals surface area contributed by atoms with Crippen LogP contribution in [-0.4, -0.2) is 34.5 Å². The van der Waals surface area contributed by atoms with Gasteiger partial charge in [0.05, 0.1) is 11.7 Å². The Morgan fingerprint density at radius 1 is 1.05 bits per heavy atom. The van der Waals surface area contributed by atoms with Crippen LogP contribution in [-0.2, 0) is 13.0 Å². The van der Waals surface area contributed by atoms with E-state index in [4.69, 9.17) is 11.5 Å². The van der Waals surface area contributed by atoms with E-state index in [9.17, 15) is 0 Å². The monoisotopic (exact) mass is 508 g/mol. The minimum atomic E-state index is -0.404. The predicted octanol–water partition coefficient (Wildman–Crippen LogP) is 5.35. The Hall–Kier alpha value is -3.84. The number of benzene rings is 2. The van der Waals surface area contributed by atoms with Gasteiger partial charge in [0.2, 0.25) is 0 Å². The molecule has 1 fully saturated rings. The standard InChI is InChI=1S/C14H20N2.C12H11N.C6H9N3/c1-12(14-9-6-10-16(14)2)15-11-13-7-4-3-5-8-13;1-2-5-10-6-3-8-12-11(10)7-4-9-13-12;7-6(8)5-2-1-3-9-4-5/h3-5,7-8,14-15H,1,6,9-11H2,2H3;2-4,6-9H,1,5H2;1-4,6H,7-8H2. The van der Waals surface area contributed by atoms with Gasteiger partial charge in [0.1, 0.15) is 0 Å². The molecular formula is C32H40N6. The smallest absolute Gasteiger partial charge is 0.0799 e. The molecule has 38 heavy (non-hydrogen) atoms. The number of rotatable bonds is 7. The summed E-state index contributed by atoms with van der Waals surface area (Å²) in [5.74, 6) is 0. The molecule has 2 aromatic heterocycles. The molecule has 0 radical (unpaired) electrons. The number of hydrogen-bond acceptors (Lipinski definition) is 6. The molecule has 1 unspecified atom stereocenters. The molecular weight excluding hydrogens is 468 g/mol. The number of nitrogens with two attached hydrogens (primary N) is 2. The van der Waals surface area contributed by atoms with Crippen molar-refractivity contribution in [2.45, 2.75) is 38.0 Å². The van der Waals surface area contributed by atoms with Crippen molar-refractivity contribution in [3.05, 3.63) is 133 Å². The molecule has 5 N–H and O–H groups in total. The largest absolute Gasteiger partial charge is 0.383 e. The van der Waals surface area contributed by atoms with Crippen molar-refractivity contribution in [1.82, 2.24) is 20.2 Å². The van der Waals surface area contributed by atoms with Crippen molar-refractivity contribution in [2.75, 3.05) is 13.6 Å². The summed E-state index contributed by atoms with van der Waals surface area (Å²) in [6.45, 7) is 9.96. The molecule has 0 amide bonds. The van der Waals surface area contributed by atoms with E-state index in [1.807, 2.05) is 48.7 Å². The molecule has 198 valence electrons. The van der Waals surface area contributed by atoms with E-state index in [1.165, 1.54) is 35.9 Å². The Kier molecular flexibility index (Phi) is 11.7. The number of aromatic nitrogens is 2. The Balaban J connectivity index is 0.000000164.